The average molecular weight is 362 g/mol. The minimum atomic E-state index is 0.0812. The Balaban J connectivity index is 1.81. The molecule has 26 heavy (non-hydrogen) atoms. The van der Waals surface area contributed by atoms with Crippen molar-refractivity contribution in [3.63, 3.8) is 0 Å². The Kier molecular flexibility index (Phi) is 8.59. The lowest BCUT2D eigenvalue weighted by Gasteiger charge is -2.36. The molecule has 1 aromatic rings. The Morgan fingerprint density at radius 2 is 1.88 bits per heavy atom. The number of amides is 2. The quantitative estimate of drug-likeness (QED) is 0.719. The first-order chi connectivity index (χ1) is 12.7. The van der Waals surface area contributed by atoms with Crippen LogP contribution in [0, 0.1) is 5.92 Å². The first-order valence-electron chi connectivity index (χ1n) is 10.2. The molecule has 5 heteroatoms. The molecule has 1 fully saturated rings. The van der Waals surface area contributed by atoms with Crippen molar-refractivity contribution in [1.29, 1.82) is 0 Å². The molecule has 1 atom stereocenters. The zero-order valence-corrected chi connectivity index (χ0v) is 16.7. The highest BCUT2D eigenvalue weighted by Crippen LogP contribution is 2.28. The first-order valence-corrected chi connectivity index (χ1v) is 10.2. The zero-order chi connectivity index (χ0) is 18.8. The van der Waals surface area contributed by atoms with E-state index >= 15 is 0 Å². The number of hydrogen-bond acceptors (Lipinski definition) is 3. The van der Waals surface area contributed by atoms with Crippen molar-refractivity contribution >= 4 is 11.7 Å². The third kappa shape index (κ3) is 5.82. The number of nitrogens with zero attached hydrogens (tertiary/aromatic N) is 2. The molecule has 0 radical (unpaired) electrons. The van der Waals surface area contributed by atoms with E-state index in [1.54, 1.807) is 0 Å². The van der Waals surface area contributed by atoms with E-state index in [4.69, 9.17) is 4.74 Å². The molecule has 2 rings (SSSR count). The van der Waals surface area contributed by atoms with Gasteiger partial charge >= 0.3 is 6.03 Å². The topological polar surface area (TPSA) is 44.8 Å². The number of para-hydroxylation sites is 2. The van der Waals surface area contributed by atoms with Crippen LogP contribution in [-0.4, -0.2) is 50.3 Å². The van der Waals surface area contributed by atoms with Crippen LogP contribution in [0.5, 0.6) is 5.75 Å². The van der Waals surface area contributed by atoms with Crippen molar-refractivity contribution in [3.05, 3.63) is 24.3 Å². The summed E-state index contributed by atoms with van der Waals surface area (Å²) < 4.78 is 5.74. The van der Waals surface area contributed by atoms with Gasteiger partial charge in [-0.15, -0.1) is 0 Å². The molecule has 2 amide bonds. The minimum Gasteiger partial charge on any atom is -0.492 e. The normalized spacial score (nSPS) is 15.7. The molecule has 1 aliphatic heterocycles. The van der Waals surface area contributed by atoms with Crippen molar-refractivity contribution in [2.24, 2.45) is 5.92 Å². The Morgan fingerprint density at radius 1 is 1.15 bits per heavy atom. The fourth-order valence-corrected chi connectivity index (χ4v) is 3.43. The standard InChI is InChI=1S/C21H35N3O2/c1-4-7-10-18(5-2)17-22-21(25)24-15-13-23(14-16-24)19-11-8-9-12-20(19)26-6-3/h8-9,11-12,18H,4-7,10,13-17H2,1-3H3,(H,22,25). The van der Waals surface area contributed by atoms with Crippen molar-refractivity contribution in [2.45, 2.75) is 46.5 Å². The summed E-state index contributed by atoms with van der Waals surface area (Å²) in [6, 6.07) is 8.23. The number of carbonyl (C=O) groups is 1. The highest BCUT2D eigenvalue weighted by Gasteiger charge is 2.23. The van der Waals surface area contributed by atoms with Crippen molar-refractivity contribution in [2.75, 3.05) is 44.2 Å². The molecule has 5 nitrogen and oxygen atoms in total. The van der Waals surface area contributed by atoms with Gasteiger partial charge in [0.1, 0.15) is 5.75 Å². The number of carbonyl (C=O) groups excluding carboxylic acids is 1. The smallest absolute Gasteiger partial charge is 0.317 e. The van der Waals surface area contributed by atoms with Crippen LogP contribution in [-0.2, 0) is 0 Å². The highest BCUT2D eigenvalue weighted by atomic mass is 16.5. The molecule has 0 aliphatic carbocycles. The predicted octanol–water partition coefficient (Wildman–Crippen LogP) is 4.13. The number of hydrogen-bond donors (Lipinski definition) is 1. The van der Waals surface area contributed by atoms with E-state index < -0.39 is 0 Å². The largest absolute Gasteiger partial charge is 0.492 e. The lowest BCUT2D eigenvalue weighted by Crippen LogP contribution is -2.52. The second-order valence-electron chi connectivity index (χ2n) is 6.98. The second-order valence-corrected chi connectivity index (χ2v) is 6.98. The van der Waals surface area contributed by atoms with Gasteiger partial charge in [0.25, 0.3) is 0 Å². The van der Waals surface area contributed by atoms with Crippen molar-refractivity contribution in [1.82, 2.24) is 10.2 Å². The second kappa shape index (κ2) is 10.9. The van der Waals surface area contributed by atoms with Crippen LogP contribution in [0.2, 0.25) is 0 Å². The maximum Gasteiger partial charge on any atom is 0.317 e. The van der Waals surface area contributed by atoms with Crippen LogP contribution < -0.4 is 15.0 Å². The summed E-state index contributed by atoms with van der Waals surface area (Å²) in [6.07, 6.45) is 4.79. The molecule has 1 unspecified atom stereocenters. The number of nitrogens with one attached hydrogen (secondary N) is 1. The van der Waals surface area contributed by atoms with E-state index in [2.05, 4.69) is 30.1 Å². The van der Waals surface area contributed by atoms with E-state index in [1.165, 1.54) is 19.3 Å². The summed E-state index contributed by atoms with van der Waals surface area (Å²) in [5.74, 6) is 1.52. The zero-order valence-electron chi connectivity index (χ0n) is 16.7. The summed E-state index contributed by atoms with van der Waals surface area (Å²) in [7, 11) is 0. The maximum atomic E-state index is 12.5. The summed E-state index contributed by atoms with van der Waals surface area (Å²) in [6.45, 7) is 11.1. The number of ether oxygens (including phenoxy) is 1. The molecule has 1 N–H and O–H groups in total. The van der Waals surface area contributed by atoms with Gasteiger partial charge < -0.3 is 19.9 Å². The van der Waals surface area contributed by atoms with Gasteiger partial charge in [0.05, 0.1) is 12.3 Å². The Bertz CT molecular complexity index is 542. The highest BCUT2D eigenvalue weighted by molar-refractivity contribution is 5.74. The van der Waals surface area contributed by atoms with Crippen LogP contribution >= 0.6 is 0 Å². The number of rotatable bonds is 9. The lowest BCUT2D eigenvalue weighted by atomic mass is 9.99. The molecule has 0 saturated carbocycles. The van der Waals surface area contributed by atoms with Gasteiger partial charge in [-0.3, -0.25) is 0 Å². The molecule has 1 aromatic carbocycles. The Morgan fingerprint density at radius 3 is 2.54 bits per heavy atom. The van der Waals surface area contributed by atoms with Crippen LogP contribution in [0.4, 0.5) is 10.5 Å². The number of unbranched alkanes of at least 4 members (excludes halogenated alkanes) is 1. The summed E-state index contributed by atoms with van der Waals surface area (Å²) in [5, 5.41) is 3.14. The Hall–Kier alpha value is -1.91. The first kappa shape index (κ1) is 20.4. The predicted molar refractivity (Wildman–Crippen MR) is 108 cm³/mol. The van der Waals surface area contributed by atoms with Crippen LogP contribution in [0.1, 0.15) is 46.5 Å². The average Bonchev–Trinajstić information content (AvgIpc) is 2.69. The molecular formula is C21H35N3O2. The third-order valence-electron chi connectivity index (χ3n) is 5.16. The lowest BCUT2D eigenvalue weighted by molar-refractivity contribution is 0.191. The van der Waals surface area contributed by atoms with Gasteiger partial charge in [-0.25, -0.2) is 4.79 Å². The molecule has 0 spiro atoms. The van der Waals surface area contributed by atoms with Gasteiger partial charge in [0.15, 0.2) is 0 Å². The van der Waals surface area contributed by atoms with Gasteiger partial charge in [0.2, 0.25) is 0 Å². The summed E-state index contributed by atoms with van der Waals surface area (Å²) >= 11 is 0. The van der Waals surface area contributed by atoms with Gasteiger partial charge in [0, 0.05) is 32.7 Å². The van der Waals surface area contributed by atoms with Gasteiger partial charge in [-0.05, 0) is 31.4 Å². The molecule has 1 saturated heterocycles. The fraction of sp³-hybridized carbons (Fsp3) is 0.667. The SMILES string of the molecule is CCCCC(CC)CNC(=O)N1CCN(c2ccccc2OCC)CC1. The van der Waals surface area contributed by atoms with Gasteiger partial charge in [-0.2, -0.15) is 0 Å². The van der Waals surface area contributed by atoms with E-state index in [0.29, 0.717) is 12.5 Å². The van der Waals surface area contributed by atoms with Crippen LogP contribution in [0.3, 0.4) is 0 Å². The van der Waals surface area contributed by atoms with Crippen molar-refractivity contribution < 1.29 is 9.53 Å². The van der Waals surface area contributed by atoms with Crippen molar-refractivity contribution in [3.8, 4) is 5.75 Å². The molecule has 0 aromatic heterocycles. The number of benzene rings is 1. The molecule has 0 bridgehead atoms. The number of piperazine rings is 1. The summed E-state index contributed by atoms with van der Waals surface area (Å²) in [5.41, 5.74) is 1.13. The van der Waals surface area contributed by atoms with E-state index in [9.17, 15) is 4.79 Å². The number of urea groups is 1. The van der Waals surface area contributed by atoms with Crippen LogP contribution in [0.15, 0.2) is 24.3 Å². The monoisotopic (exact) mass is 361 g/mol. The van der Waals surface area contributed by atoms with E-state index in [0.717, 1.165) is 50.6 Å². The van der Waals surface area contributed by atoms with E-state index in [1.807, 2.05) is 30.0 Å². The Labute approximate surface area is 158 Å². The molecule has 1 aliphatic rings. The number of anilines is 1. The summed E-state index contributed by atoms with van der Waals surface area (Å²) in [4.78, 5) is 16.7. The minimum absolute atomic E-state index is 0.0812. The van der Waals surface area contributed by atoms with Crippen LogP contribution in [0.25, 0.3) is 0 Å². The van der Waals surface area contributed by atoms with Gasteiger partial charge in [-0.1, -0.05) is 45.2 Å². The van der Waals surface area contributed by atoms with E-state index in [-0.39, 0.29) is 6.03 Å². The fourth-order valence-electron chi connectivity index (χ4n) is 3.43. The maximum absolute atomic E-state index is 12.5. The third-order valence-corrected chi connectivity index (χ3v) is 5.16. The molecular weight excluding hydrogens is 326 g/mol. The molecule has 146 valence electrons. The molecule has 1 heterocycles.